The van der Waals surface area contributed by atoms with Crippen molar-refractivity contribution in [3.63, 3.8) is 0 Å². The number of ether oxygens (including phenoxy) is 2. The van der Waals surface area contributed by atoms with Gasteiger partial charge in [-0.05, 0) is 28.3 Å². The number of halogens is 1. The van der Waals surface area contributed by atoms with Crippen molar-refractivity contribution in [2.24, 2.45) is 0 Å². The van der Waals surface area contributed by atoms with Crippen LogP contribution in [-0.2, 0) is 18.7 Å². The van der Waals surface area contributed by atoms with Crippen molar-refractivity contribution >= 4 is 36.9 Å². The van der Waals surface area contributed by atoms with Gasteiger partial charge < -0.3 is 13.9 Å². The molecule has 0 aliphatic heterocycles. The summed E-state index contributed by atoms with van der Waals surface area (Å²) in [6.45, 7) is 10.9. The number of esters is 1. The molecule has 6 heteroatoms. The summed E-state index contributed by atoms with van der Waals surface area (Å²) >= 11 is 2.16. The summed E-state index contributed by atoms with van der Waals surface area (Å²) in [4.78, 5) is 11.6. The van der Waals surface area contributed by atoms with Crippen molar-refractivity contribution in [1.82, 2.24) is 0 Å². The second-order valence-corrected chi connectivity index (χ2v) is 12.1. The van der Waals surface area contributed by atoms with E-state index in [0.717, 1.165) is 0 Å². The molecular weight excluding hydrogens is 399 g/mol. The minimum absolute atomic E-state index is 0.0543. The second-order valence-electron chi connectivity index (χ2n) is 6.61. The van der Waals surface area contributed by atoms with Gasteiger partial charge in [0.1, 0.15) is 0 Å². The van der Waals surface area contributed by atoms with Crippen molar-refractivity contribution in [3.8, 4) is 0 Å². The molecule has 0 amide bonds. The Morgan fingerprint density at radius 3 is 2.24 bits per heavy atom. The van der Waals surface area contributed by atoms with Crippen LogP contribution >= 0.6 is 22.6 Å². The summed E-state index contributed by atoms with van der Waals surface area (Å²) in [6, 6.07) is 0. The van der Waals surface area contributed by atoms with Gasteiger partial charge in [-0.2, -0.15) is 0 Å². The summed E-state index contributed by atoms with van der Waals surface area (Å²) in [5.41, 5.74) is 0. The maximum absolute atomic E-state index is 11.6. The molecule has 0 rings (SSSR count). The van der Waals surface area contributed by atoms with Gasteiger partial charge in [0.25, 0.3) is 0 Å². The molecule has 0 spiro atoms. The van der Waals surface area contributed by atoms with Crippen LogP contribution in [0.15, 0.2) is 10.2 Å². The molecule has 0 radical (unpaired) electrons. The van der Waals surface area contributed by atoms with E-state index in [1.54, 1.807) is 7.11 Å². The average molecular weight is 428 g/mol. The Kier molecular flexibility index (Phi) is 9.30. The zero-order chi connectivity index (χ0) is 16.7. The molecule has 0 aliphatic rings. The zero-order valence-corrected chi connectivity index (χ0v) is 17.4. The van der Waals surface area contributed by atoms with Crippen LogP contribution in [0.25, 0.3) is 0 Å². The Morgan fingerprint density at radius 1 is 1.29 bits per heavy atom. The molecule has 0 saturated carbocycles. The third-order valence-corrected chi connectivity index (χ3v) is 8.92. The lowest BCUT2D eigenvalue weighted by molar-refractivity contribution is -0.142. The number of rotatable bonds is 8. The molecule has 0 N–H and O–H groups in total. The van der Waals surface area contributed by atoms with E-state index in [1.165, 1.54) is 7.11 Å². The molecular formula is C15H29IO4Si. The molecule has 0 saturated heterocycles. The maximum Gasteiger partial charge on any atom is 0.308 e. The van der Waals surface area contributed by atoms with Gasteiger partial charge in [0.15, 0.2) is 8.32 Å². The van der Waals surface area contributed by atoms with Crippen LogP contribution in [0, 0.1) is 0 Å². The molecule has 21 heavy (non-hydrogen) atoms. The zero-order valence-electron chi connectivity index (χ0n) is 14.2. The average Bonchev–Trinajstić information content (AvgIpc) is 2.35. The van der Waals surface area contributed by atoms with E-state index < -0.39 is 8.32 Å². The van der Waals surface area contributed by atoms with Gasteiger partial charge in [-0.3, -0.25) is 4.79 Å². The van der Waals surface area contributed by atoms with Gasteiger partial charge in [0.05, 0.1) is 25.7 Å². The summed E-state index contributed by atoms with van der Waals surface area (Å²) in [6.07, 6.45) is 2.65. The molecule has 0 unspecified atom stereocenters. The highest BCUT2D eigenvalue weighted by atomic mass is 127. The third kappa shape index (κ3) is 7.76. The van der Waals surface area contributed by atoms with Crippen LogP contribution in [0.4, 0.5) is 0 Å². The summed E-state index contributed by atoms with van der Waals surface area (Å²) in [7, 11) is 1.14. The van der Waals surface area contributed by atoms with E-state index in [0.29, 0.717) is 6.42 Å². The first-order valence-electron chi connectivity index (χ1n) is 7.11. The topological polar surface area (TPSA) is 44.8 Å². The van der Waals surface area contributed by atoms with E-state index in [-0.39, 0.29) is 29.6 Å². The fraction of sp³-hybridized carbons (Fsp3) is 0.800. The Hall–Kier alpha value is 0.0769. The van der Waals surface area contributed by atoms with E-state index in [1.807, 2.05) is 10.2 Å². The Labute approximate surface area is 143 Å². The quantitative estimate of drug-likeness (QED) is 0.329. The second kappa shape index (κ2) is 9.27. The minimum atomic E-state index is -1.94. The summed E-state index contributed by atoms with van der Waals surface area (Å²) in [5.74, 6) is -0.244. The fourth-order valence-electron chi connectivity index (χ4n) is 1.63. The SMILES string of the molecule is COC(=O)C[C@H](C[C@H](/C=C/I)OC)O[Si](C)(C)C(C)(C)C. The van der Waals surface area contributed by atoms with E-state index >= 15 is 0 Å². The predicted molar refractivity (Wildman–Crippen MR) is 97.3 cm³/mol. The monoisotopic (exact) mass is 428 g/mol. The summed E-state index contributed by atoms with van der Waals surface area (Å²) < 4.78 is 18.5. The van der Waals surface area contributed by atoms with Crippen molar-refractivity contribution in [1.29, 1.82) is 0 Å². The van der Waals surface area contributed by atoms with E-state index in [2.05, 4.69) is 56.5 Å². The van der Waals surface area contributed by atoms with Crippen LogP contribution in [0.2, 0.25) is 18.1 Å². The molecule has 0 heterocycles. The van der Waals surface area contributed by atoms with Gasteiger partial charge in [-0.15, -0.1) is 0 Å². The third-order valence-electron chi connectivity index (χ3n) is 3.97. The lowest BCUT2D eigenvalue weighted by atomic mass is 10.1. The molecule has 4 nitrogen and oxygen atoms in total. The molecule has 0 bridgehead atoms. The lowest BCUT2D eigenvalue weighted by Gasteiger charge is -2.39. The number of carbonyl (C=O) groups excluding carboxylic acids is 1. The highest BCUT2D eigenvalue weighted by molar-refractivity contribution is 14.1. The van der Waals surface area contributed by atoms with E-state index in [9.17, 15) is 4.79 Å². The first kappa shape index (κ1) is 21.1. The number of carbonyl (C=O) groups is 1. The number of hydrogen-bond acceptors (Lipinski definition) is 4. The Balaban J connectivity index is 5.01. The first-order valence-corrected chi connectivity index (χ1v) is 11.3. The van der Waals surface area contributed by atoms with Crippen LogP contribution in [-0.4, -0.2) is 40.7 Å². The van der Waals surface area contributed by atoms with Crippen LogP contribution in [0.1, 0.15) is 33.6 Å². The highest BCUT2D eigenvalue weighted by Gasteiger charge is 2.39. The van der Waals surface area contributed by atoms with Crippen LogP contribution in [0.3, 0.4) is 0 Å². The van der Waals surface area contributed by atoms with Crippen molar-refractivity contribution in [2.45, 2.75) is 64.0 Å². The number of hydrogen-bond donors (Lipinski definition) is 0. The minimum Gasteiger partial charge on any atom is -0.469 e. The van der Waals surface area contributed by atoms with Gasteiger partial charge >= 0.3 is 5.97 Å². The smallest absolute Gasteiger partial charge is 0.308 e. The number of methoxy groups -OCH3 is 2. The maximum atomic E-state index is 11.6. The van der Waals surface area contributed by atoms with Gasteiger partial charge in [0, 0.05) is 13.5 Å². The highest BCUT2D eigenvalue weighted by Crippen LogP contribution is 2.38. The molecule has 0 aliphatic carbocycles. The van der Waals surface area contributed by atoms with Gasteiger partial charge in [0.2, 0.25) is 0 Å². The van der Waals surface area contributed by atoms with Crippen LogP contribution < -0.4 is 0 Å². The standard InChI is InChI=1S/C15H29IO4Si/c1-15(2,3)21(6,7)20-13(11-14(17)19-5)10-12(18-4)8-9-16/h8-9,12-13H,10-11H2,1-7H3/b9-8+/t12-,13-/m0/s1. The predicted octanol–water partition coefficient (Wildman–Crippen LogP) is 4.29. The Morgan fingerprint density at radius 2 is 1.86 bits per heavy atom. The van der Waals surface area contributed by atoms with Crippen molar-refractivity contribution in [2.75, 3.05) is 14.2 Å². The first-order chi connectivity index (χ1) is 9.57. The van der Waals surface area contributed by atoms with E-state index in [4.69, 9.17) is 13.9 Å². The normalized spacial score (nSPS) is 16.0. The molecule has 124 valence electrons. The lowest BCUT2D eigenvalue weighted by Crippen LogP contribution is -2.45. The Bertz CT molecular complexity index is 350. The molecule has 2 atom stereocenters. The van der Waals surface area contributed by atoms with Gasteiger partial charge in [-0.25, -0.2) is 0 Å². The molecule has 0 fully saturated rings. The van der Waals surface area contributed by atoms with Crippen molar-refractivity contribution in [3.05, 3.63) is 10.2 Å². The van der Waals surface area contributed by atoms with Crippen LogP contribution in [0.5, 0.6) is 0 Å². The largest absolute Gasteiger partial charge is 0.469 e. The summed E-state index contributed by atoms with van der Waals surface area (Å²) in [5, 5.41) is 0.100. The van der Waals surface area contributed by atoms with Gasteiger partial charge in [-0.1, -0.05) is 43.4 Å². The molecule has 0 aromatic carbocycles. The molecule has 0 aromatic rings. The van der Waals surface area contributed by atoms with Crippen molar-refractivity contribution < 1.29 is 18.7 Å². The fourth-order valence-corrected chi connectivity index (χ4v) is 3.46. The molecule has 0 aromatic heterocycles.